The maximum Gasteiger partial charge on any atom is 0.139 e. The third kappa shape index (κ3) is 3.58. The van der Waals surface area contributed by atoms with E-state index in [-0.39, 0.29) is 5.41 Å². The highest BCUT2D eigenvalue weighted by Gasteiger charge is 2.34. The lowest BCUT2D eigenvalue weighted by atomic mass is 9.90. The fourth-order valence-electron chi connectivity index (χ4n) is 4.12. The molecule has 8 heteroatoms. The number of imidazole rings is 1. The molecule has 6 rings (SSSR count). The highest BCUT2D eigenvalue weighted by molar-refractivity contribution is 5.96. The van der Waals surface area contributed by atoms with E-state index in [9.17, 15) is 0 Å². The quantitative estimate of drug-likeness (QED) is 0.510. The van der Waals surface area contributed by atoms with Crippen LogP contribution in [0.5, 0.6) is 5.75 Å². The predicted molar refractivity (Wildman–Crippen MR) is 129 cm³/mol. The number of amidine groups is 1. The van der Waals surface area contributed by atoms with Crippen molar-refractivity contribution >= 4 is 33.5 Å². The van der Waals surface area contributed by atoms with E-state index in [2.05, 4.69) is 29.0 Å². The van der Waals surface area contributed by atoms with Crippen LogP contribution in [0.15, 0.2) is 72.1 Å². The average Bonchev–Trinajstić information content (AvgIpc) is 3.25. The number of nitrogens with two attached hydrogens (primary N) is 1. The van der Waals surface area contributed by atoms with E-state index in [1.807, 2.05) is 52.1 Å². The number of benzene rings is 2. The van der Waals surface area contributed by atoms with Gasteiger partial charge in [0.2, 0.25) is 0 Å². The summed E-state index contributed by atoms with van der Waals surface area (Å²) in [6.45, 7) is 4.76. The van der Waals surface area contributed by atoms with Crippen molar-refractivity contribution in [2.24, 2.45) is 16.1 Å². The van der Waals surface area contributed by atoms with Gasteiger partial charge in [-0.2, -0.15) is 0 Å². The summed E-state index contributed by atoms with van der Waals surface area (Å²) in [5.74, 6) is 2.14. The van der Waals surface area contributed by atoms with Crippen LogP contribution in [0.4, 0.5) is 5.69 Å². The summed E-state index contributed by atoms with van der Waals surface area (Å²) in [5.41, 5.74) is 9.60. The summed E-state index contributed by atoms with van der Waals surface area (Å²) in [6, 6.07) is 16.2. The van der Waals surface area contributed by atoms with Crippen molar-refractivity contribution in [3.05, 3.63) is 67.1 Å². The van der Waals surface area contributed by atoms with Crippen LogP contribution in [0, 0.1) is 5.41 Å². The van der Waals surface area contributed by atoms with Crippen LogP contribution in [0.3, 0.4) is 0 Å². The number of aliphatic imine (C=N–C) groups is 1. The first-order valence-corrected chi connectivity index (χ1v) is 10.9. The number of nitrogens with zero attached hydrogens (tertiary/aromatic N) is 5. The molecule has 1 fully saturated rings. The largest absolute Gasteiger partial charge is 0.493 e. The van der Waals surface area contributed by atoms with E-state index in [0.717, 1.165) is 52.4 Å². The lowest BCUT2D eigenvalue weighted by Crippen LogP contribution is -2.44. The van der Waals surface area contributed by atoms with Crippen LogP contribution in [-0.4, -0.2) is 46.9 Å². The molecule has 0 bridgehead atoms. The second kappa shape index (κ2) is 7.60. The topological polar surface area (TPSA) is 90.8 Å². The minimum Gasteiger partial charge on any atom is -0.493 e. The molecule has 2 aromatic carbocycles. The molecule has 0 aliphatic carbocycles. The van der Waals surface area contributed by atoms with Crippen LogP contribution in [0.2, 0.25) is 0 Å². The number of para-hydroxylation sites is 1. The van der Waals surface area contributed by atoms with Gasteiger partial charge in [0, 0.05) is 23.1 Å². The summed E-state index contributed by atoms with van der Waals surface area (Å²) in [4.78, 5) is 16.0. The summed E-state index contributed by atoms with van der Waals surface area (Å²) >= 11 is 0. The maximum absolute atomic E-state index is 6.01. The molecule has 2 aliphatic heterocycles. The van der Waals surface area contributed by atoms with E-state index in [1.54, 1.807) is 12.4 Å². The summed E-state index contributed by atoms with van der Waals surface area (Å²) in [5, 5.41) is 1.06. The van der Waals surface area contributed by atoms with E-state index in [4.69, 9.17) is 20.2 Å². The first kappa shape index (κ1) is 19.8. The van der Waals surface area contributed by atoms with Crippen LogP contribution in [0.1, 0.15) is 6.92 Å². The third-order valence-corrected chi connectivity index (χ3v) is 6.08. The molecule has 4 heterocycles. The minimum absolute atomic E-state index is 0.0988. The molecular weight excluding hydrogens is 416 g/mol. The standard InChI is InChI=1S/C25H24N6O2/c1-25(12-32-13-25)14-33-18-6-7-20-19(11-18)27-16-31(20)23-8-5-17-3-2-4-21(24(17)29-23)30-10-9-22(26)28-15-30/h2-11,16H,12-15H2,1H3,(H2,26,28). The number of fused-ring (bicyclic) bond motifs is 2. The molecule has 0 atom stereocenters. The lowest BCUT2D eigenvalue weighted by molar-refractivity contribution is -0.120. The first-order chi connectivity index (χ1) is 16.1. The molecule has 33 heavy (non-hydrogen) atoms. The van der Waals surface area contributed by atoms with Crippen molar-refractivity contribution in [3.63, 3.8) is 0 Å². The van der Waals surface area contributed by atoms with Gasteiger partial charge in [0.05, 0.1) is 42.1 Å². The van der Waals surface area contributed by atoms with Crippen LogP contribution in [0.25, 0.3) is 27.8 Å². The van der Waals surface area contributed by atoms with E-state index in [1.165, 1.54) is 0 Å². The third-order valence-electron chi connectivity index (χ3n) is 6.08. The molecule has 0 amide bonds. The molecule has 0 radical (unpaired) electrons. The first-order valence-electron chi connectivity index (χ1n) is 10.9. The number of anilines is 1. The fraction of sp³-hybridized carbons (Fsp3) is 0.240. The number of rotatable bonds is 5. The molecule has 2 aromatic heterocycles. The van der Waals surface area contributed by atoms with Gasteiger partial charge in [0.15, 0.2) is 0 Å². The normalized spacial score (nSPS) is 17.2. The number of hydrogen-bond donors (Lipinski definition) is 1. The zero-order valence-electron chi connectivity index (χ0n) is 18.3. The van der Waals surface area contributed by atoms with Crippen molar-refractivity contribution in [1.82, 2.24) is 14.5 Å². The fourth-order valence-corrected chi connectivity index (χ4v) is 4.12. The van der Waals surface area contributed by atoms with Crippen molar-refractivity contribution < 1.29 is 9.47 Å². The SMILES string of the molecule is CC1(COc2ccc3c(c2)ncn3-c2ccc3cccc(N4C=CC(N)=NC4)c3n2)COC1. The monoisotopic (exact) mass is 440 g/mol. The van der Waals surface area contributed by atoms with Gasteiger partial charge in [-0.1, -0.05) is 19.1 Å². The zero-order valence-corrected chi connectivity index (χ0v) is 18.3. The van der Waals surface area contributed by atoms with Crippen molar-refractivity contribution in [3.8, 4) is 11.6 Å². The number of ether oxygens (including phenoxy) is 2. The predicted octanol–water partition coefficient (Wildman–Crippen LogP) is 3.64. The Kier molecular flexibility index (Phi) is 4.55. The molecule has 0 spiro atoms. The van der Waals surface area contributed by atoms with E-state index < -0.39 is 0 Å². The van der Waals surface area contributed by atoms with Gasteiger partial charge in [-0.25, -0.2) is 15.0 Å². The van der Waals surface area contributed by atoms with Gasteiger partial charge < -0.3 is 20.1 Å². The summed E-state index contributed by atoms with van der Waals surface area (Å²) < 4.78 is 13.3. The van der Waals surface area contributed by atoms with Crippen LogP contribution < -0.4 is 15.4 Å². The number of aromatic nitrogens is 3. The second-order valence-electron chi connectivity index (χ2n) is 8.89. The van der Waals surface area contributed by atoms with Gasteiger partial charge in [-0.15, -0.1) is 0 Å². The molecule has 1 saturated heterocycles. The Labute approximate surface area is 191 Å². The van der Waals surface area contributed by atoms with E-state index in [0.29, 0.717) is 19.1 Å². The molecule has 0 saturated carbocycles. The second-order valence-corrected chi connectivity index (χ2v) is 8.89. The minimum atomic E-state index is 0.0988. The number of hydrogen-bond acceptors (Lipinski definition) is 7. The Hall–Kier alpha value is -3.91. The van der Waals surface area contributed by atoms with Gasteiger partial charge in [0.25, 0.3) is 0 Å². The Balaban J connectivity index is 1.34. The van der Waals surface area contributed by atoms with Crippen molar-refractivity contribution in [2.45, 2.75) is 6.92 Å². The molecule has 4 aromatic rings. The summed E-state index contributed by atoms with van der Waals surface area (Å²) in [7, 11) is 0. The maximum atomic E-state index is 6.01. The lowest BCUT2D eigenvalue weighted by Gasteiger charge is -2.37. The highest BCUT2D eigenvalue weighted by Crippen LogP contribution is 2.30. The Morgan fingerprint density at radius 3 is 2.85 bits per heavy atom. The zero-order chi connectivity index (χ0) is 22.4. The van der Waals surface area contributed by atoms with Crippen LogP contribution in [-0.2, 0) is 4.74 Å². The van der Waals surface area contributed by atoms with Gasteiger partial charge in [-0.05, 0) is 36.4 Å². The average molecular weight is 441 g/mol. The van der Waals surface area contributed by atoms with Crippen molar-refractivity contribution in [2.75, 3.05) is 31.4 Å². The molecule has 2 aliphatic rings. The Morgan fingerprint density at radius 2 is 2.06 bits per heavy atom. The van der Waals surface area contributed by atoms with Crippen molar-refractivity contribution in [1.29, 1.82) is 0 Å². The van der Waals surface area contributed by atoms with Gasteiger partial charge in [0.1, 0.15) is 30.4 Å². The molecular formula is C25H24N6O2. The smallest absolute Gasteiger partial charge is 0.139 e. The highest BCUT2D eigenvalue weighted by atomic mass is 16.5. The Morgan fingerprint density at radius 1 is 1.15 bits per heavy atom. The number of pyridine rings is 1. The summed E-state index contributed by atoms with van der Waals surface area (Å²) in [6.07, 6.45) is 5.54. The molecule has 8 nitrogen and oxygen atoms in total. The van der Waals surface area contributed by atoms with Gasteiger partial charge in [-0.3, -0.25) is 4.57 Å². The molecule has 0 unspecified atom stereocenters. The van der Waals surface area contributed by atoms with E-state index >= 15 is 0 Å². The molecule has 2 N–H and O–H groups in total. The Bertz CT molecular complexity index is 1420. The van der Waals surface area contributed by atoms with Crippen LogP contribution >= 0.6 is 0 Å². The molecule has 166 valence electrons. The van der Waals surface area contributed by atoms with Gasteiger partial charge >= 0.3 is 0 Å².